The van der Waals surface area contributed by atoms with E-state index in [9.17, 15) is 18.0 Å². The fourth-order valence-electron chi connectivity index (χ4n) is 3.56. The molecule has 0 saturated carbocycles. The number of rotatable bonds is 5. The van der Waals surface area contributed by atoms with Crippen molar-refractivity contribution in [3.05, 3.63) is 90.3 Å². The van der Waals surface area contributed by atoms with Crippen molar-refractivity contribution in [1.82, 2.24) is 20.1 Å². The standard InChI is InChI=1S/C26H23F3N6OS/c1-16(2)21-5-3-4-6-22(21)32-25(37)33-24(36)31-19-11-7-17(8-12-19)23-30-15-35(34-23)20-13-9-18(10-14-20)26(27,28)29/h3-16H,1-2H3,(H3,31,32,33,36,37). The highest BCUT2D eigenvalue weighted by atomic mass is 32.1. The maximum atomic E-state index is 12.8. The number of hydrogen-bond acceptors (Lipinski definition) is 4. The molecule has 4 aromatic rings. The van der Waals surface area contributed by atoms with E-state index in [0.29, 0.717) is 22.8 Å². The minimum Gasteiger partial charge on any atom is -0.332 e. The lowest BCUT2D eigenvalue weighted by atomic mass is 10.0. The Hall–Kier alpha value is -4.25. The summed E-state index contributed by atoms with van der Waals surface area (Å²) in [5.74, 6) is 0.666. The Bertz CT molecular complexity index is 1400. The number of nitrogens with one attached hydrogen (secondary N) is 3. The third kappa shape index (κ3) is 6.50. The molecule has 37 heavy (non-hydrogen) atoms. The number of alkyl halides is 3. The van der Waals surface area contributed by atoms with Gasteiger partial charge in [-0.15, -0.1) is 5.10 Å². The molecule has 0 aliphatic carbocycles. The van der Waals surface area contributed by atoms with Crippen LogP contribution in [0.5, 0.6) is 0 Å². The first-order valence-electron chi connectivity index (χ1n) is 11.3. The molecule has 0 fully saturated rings. The highest BCUT2D eigenvalue weighted by Gasteiger charge is 2.30. The van der Waals surface area contributed by atoms with Crippen molar-refractivity contribution in [2.75, 3.05) is 10.6 Å². The van der Waals surface area contributed by atoms with Gasteiger partial charge in [0.05, 0.1) is 11.3 Å². The second-order valence-corrected chi connectivity index (χ2v) is 8.82. The van der Waals surface area contributed by atoms with E-state index < -0.39 is 17.8 Å². The molecule has 11 heteroatoms. The summed E-state index contributed by atoms with van der Waals surface area (Å²) in [6.07, 6.45) is -2.98. The lowest BCUT2D eigenvalue weighted by Gasteiger charge is -2.15. The SMILES string of the molecule is CC(C)c1ccccc1NC(=S)NC(=O)Nc1ccc(-c2ncn(-c3ccc(C(F)(F)F)cc3)n2)cc1. The Labute approximate surface area is 216 Å². The highest BCUT2D eigenvalue weighted by molar-refractivity contribution is 7.80. The minimum absolute atomic E-state index is 0.167. The van der Waals surface area contributed by atoms with Crippen LogP contribution in [0.4, 0.5) is 29.3 Å². The van der Waals surface area contributed by atoms with E-state index in [1.165, 1.54) is 23.1 Å². The zero-order chi connectivity index (χ0) is 26.6. The van der Waals surface area contributed by atoms with Crippen molar-refractivity contribution in [2.24, 2.45) is 0 Å². The van der Waals surface area contributed by atoms with Crippen LogP contribution in [0.2, 0.25) is 0 Å². The number of aromatic nitrogens is 3. The van der Waals surface area contributed by atoms with Gasteiger partial charge in [0, 0.05) is 16.9 Å². The Morgan fingerprint density at radius 1 is 0.946 bits per heavy atom. The van der Waals surface area contributed by atoms with Gasteiger partial charge in [0.2, 0.25) is 0 Å². The molecule has 1 heterocycles. The lowest BCUT2D eigenvalue weighted by molar-refractivity contribution is -0.137. The van der Waals surface area contributed by atoms with Crippen molar-refractivity contribution in [3.63, 3.8) is 0 Å². The molecule has 0 bridgehead atoms. The highest BCUT2D eigenvalue weighted by Crippen LogP contribution is 2.29. The van der Waals surface area contributed by atoms with Gasteiger partial charge in [0.1, 0.15) is 6.33 Å². The van der Waals surface area contributed by atoms with E-state index in [0.717, 1.165) is 23.4 Å². The average molecular weight is 525 g/mol. The van der Waals surface area contributed by atoms with Gasteiger partial charge in [-0.1, -0.05) is 32.0 Å². The Kier molecular flexibility index (Phi) is 7.53. The topological polar surface area (TPSA) is 83.9 Å². The molecule has 3 N–H and O–H groups in total. The van der Waals surface area contributed by atoms with Crippen LogP contribution in [-0.4, -0.2) is 25.9 Å². The van der Waals surface area contributed by atoms with E-state index in [1.54, 1.807) is 24.3 Å². The fraction of sp³-hybridized carbons (Fsp3) is 0.154. The van der Waals surface area contributed by atoms with Crippen LogP contribution in [0.15, 0.2) is 79.1 Å². The van der Waals surface area contributed by atoms with Crippen molar-refractivity contribution in [2.45, 2.75) is 25.9 Å². The second kappa shape index (κ2) is 10.8. The summed E-state index contributed by atoms with van der Waals surface area (Å²) in [7, 11) is 0. The van der Waals surface area contributed by atoms with Crippen LogP contribution in [0.25, 0.3) is 17.1 Å². The Morgan fingerprint density at radius 3 is 2.27 bits per heavy atom. The summed E-state index contributed by atoms with van der Waals surface area (Å²) in [5.41, 5.74) is 2.81. The van der Waals surface area contributed by atoms with Gasteiger partial charge in [-0.05, 0) is 78.3 Å². The molecule has 7 nitrogen and oxygen atoms in total. The van der Waals surface area contributed by atoms with Crippen molar-refractivity contribution in [1.29, 1.82) is 0 Å². The van der Waals surface area contributed by atoms with E-state index in [4.69, 9.17) is 12.2 Å². The number of amides is 2. The van der Waals surface area contributed by atoms with Crippen LogP contribution < -0.4 is 16.0 Å². The first-order valence-corrected chi connectivity index (χ1v) is 11.7. The van der Waals surface area contributed by atoms with Gasteiger partial charge >= 0.3 is 12.2 Å². The summed E-state index contributed by atoms with van der Waals surface area (Å²) in [5, 5.41) is 12.9. The molecule has 0 atom stereocenters. The molecule has 0 radical (unpaired) electrons. The Balaban J connectivity index is 1.35. The normalized spacial score (nSPS) is 11.3. The predicted molar refractivity (Wildman–Crippen MR) is 141 cm³/mol. The molecule has 0 saturated heterocycles. The summed E-state index contributed by atoms with van der Waals surface area (Å²) < 4.78 is 39.7. The zero-order valence-electron chi connectivity index (χ0n) is 19.9. The van der Waals surface area contributed by atoms with Crippen molar-refractivity contribution < 1.29 is 18.0 Å². The van der Waals surface area contributed by atoms with Crippen LogP contribution in [0.1, 0.15) is 30.9 Å². The molecule has 0 spiro atoms. The van der Waals surface area contributed by atoms with Crippen LogP contribution in [0.3, 0.4) is 0 Å². The number of para-hydroxylation sites is 1. The van der Waals surface area contributed by atoms with Crippen LogP contribution in [0, 0.1) is 0 Å². The minimum atomic E-state index is -4.40. The smallest absolute Gasteiger partial charge is 0.332 e. The van der Waals surface area contributed by atoms with Gasteiger partial charge < -0.3 is 10.6 Å². The number of urea groups is 1. The van der Waals surface area contributed by atoms with Crippen LogP contribution >= 0.6 is 12.2 Å². The number of nitrogens with zero attached hydrogens (tertiary/aromatic N) is 3. The fourth-order valence-corrected chi connectivity index (χ4v) is 3.76. The monoisotopic (exact) mass is 524 g/mol. The zero-order valence-corrected chi connectivity index (χ0v) is 20.7. The molecule has 0 aliphatic rings. The van der Waals surface area contributed by atoms with Crippen molar-refractivity contribution in [3.8, 4) is 17.1 Å². The molecule has 3 aromatic carbocycles. The lowest BCUT2D eigenvalue weighted by Crippen LogP contribution is -2.37. The predicted octanol–water partition coefficient (Wildman–Crippen LogP) is 6.60. The molecule has 0 unspecified atom stereocenters. The number of anilines is 2. The third-order valence-electron chi connectivity index (χ3n) is 5.41. The first kappa shape index (κ1) is 25.8. The van der Waals surface area contributed by atoms with E-state index in [2.05, 4.69) is 39.9 Å². The molecular formula is C26H23F3N6OS. The van der Waals surface area contributed by atoms with Gasteiger partial charge in [-0.3, -0.25) is 5.32 Å². The number of hydrogen-bond donors (Lipinski definition) is 3. The number of benzene rings is 3. The van der Waals surface area contributed by atoms with Gasteiger partial charge in [0.15, 0.2) is 10.9 Å². The average Bonchev–Trinajstić information content (AvgIpc) is 3.34. The van der Waals surface area contributed by atoms with Gasteiger partial charge in [-0.2, -0.15) is 13.2 Å². The molecule has 2 amide bonds. The molecule has 0 aliphatic heterocycles. The quantitative estimate of drug-likeness (QED) is 0.256. The van der Waals surface area contributed by atoms with Crippen molar-refractivity contribution >= 4 is 34.7 Å². The molecule has 1 aromatic heterocycles. The van der Waals surface area contributed by atoms with E-state index in [-0.39, 0.29) is 11.0 Å². The summed E-state index contributed by atoms with van der Waals surface area (Å²) in [6.45, 7) is 4.14. The second-order valence-electron chi connectivity index (χ2n) is 8.41. The summed E-state index contributed by atoms with van der Waals surface area (Å²) >= 11 is 5.27. The summed E-state index contributed by atoms with van der Waals surface area (Å²) in [6, 6.07) is 18.7. The number of carbonyl (C=O) groups is 1. The number of thiocarbonyl (C=S) groups is 1. The van der Waals surface area contributed by atoms with E-state index in [1.807, 2.05) is 24.3 Å². The van der Waals surface area contributed by atoms with Crippen LogP contribution in [-0.2, 0) is 6.18 Å². The maximum absolute atomic E-state index is 12.8. The molecular weight excluding hydrogens is 501 g/mol. The third-order valence-corrected chi connectivity index (χ3v) is 5.61. The molecule has 190 valence electrons. The van der Waals surface area contributed by atoms with Gasteiger partial charge in [0.25, 0.3) is 0 Å². The largest absolute Gasteiger partial charge is 0.416 e. The maximum Gasteiger partial charge on any atom is 0.416 e. The number of halogens is 3. The first-order chi connectivity index (χ1) is 17.6. The summed E-state index contributed by atoms with van der Waals surface area (Å²) in [4.78, 5) is 16.6. The number of carbonyl (C=O) groups excluding carboxylic acids is 1. The Morgan fingerprint density at radius 2 is 1.62 bits per heavy atom. The molecule has 4 rings (SSSR count). The van der Waals surface area contributed by atoms with E-state index >= 15 is 0 Å². The van der Waals surface area contributed by atoms with Gasteiger partial charge in [-0.25, -0.2) is 14.5 Å².